The Bertz CT molecular complexity index is 441. The van der Waals surface area contributed by atoms with Crippen LogP contribution in [0.3, 0.4) is 0 Å². The molecule has 7 nitrogen and oxygen atoms in total. The van der Waals surface area contributed by atoms with Crippen LogP contribution in [0.4, 0.5) is 0 Å². The summed E-state index contributed by atoms with van der Waals surface area (Å²) in [5.74, 6) is 1.97. The number of aromatic nitrogens is 2. The summed E-state index contributed by atoms with van der Waals surface area (Å²) in [6.07, 6.45) is 2.29. The van der Waals surface area contributed by atoms with Gasteiger partial charge in [0.1, 0.15) is 0 Å². The smallest absolute Gasteiger partial charge is 0.223 e. The maximum absolute atomic E-state index is 4.94. The van der Waals surface area contributed by atoms with E-state index >= 15 is 0 Å². The highest BCUT2D eigenvalue weighted by molar-refractivity contribution is 5.79. The lowest BCUT2D eigenvalue weighted by atomic mass is 10.2. The molecule has 0 saturated heterocycles. The molecule has 0 fully saturated rings. The van der Waals surface area contributed by atoms with Gasteiger partial charge in [0.2, 0.25) is 5.89 Å². The molecule has 7 heteroatoms. The maximum Gasteiger partial charge on any atom is 0.223 e. The molecule has 0 amide bonds. The number of rotatable bonds is 9. The van der Waals surface area contributed by atoms with Gasteiger partial charge in [-0.3, -0.25) is 4.99 Å². The van der Waals surface area contributed by atoms with E-state index in [4.69, 9.17) is 4.52 Å². The summed E-state index contributed by atoms with van der Waals surface area (Å²) in [5, 5.41) is 10.4. The van der Waals surface area contributed by atoms with Crippen molar-refractivity contribution in [1.82, 2.24) is 25.7 Å². The Morgan fingerprint density at radius 2 is 2.09 bits per heavy atom. The summed E-state index contributed by atoms with van der Waals surface area (Å²) in [4.78, 5) is 10.8. The van der Waals surface area contributed by atoms with Crippen LogP contribution in [0.2, 0.25) is 0 Å². The molecule has 1 unspecified atom stereocenters. The van der Waals surface area contributed by atoms with Gasteiger partial charge < -0.3 is 20.1 Å². The van der Waals surface area contributed by atoms with Crippen molar-refractivity contribution in [3.63, 3.8) is 0 Å². The highest BCUT2D eigenvalue weighted by Gasteiger charge is 2.08. The van der Waals surface area contributed by atoms with Crippen LogP contribution < -0.4 is 10.6 Å². The van der Waals surface area contributed by atoms with Gasteiger partial charge in [0.15, 0.2) is 11.8 Å². The van der Waals surface area contributed by atoms with E-state index in [0.29, 0.717) is 24.3 Å². The van der Waals surface area contributed by atoms with E-state index in [1.807, 2.05) is 0 Å². The molecule has 22 heavy (non-hydrogen) atoms. The van der Waals surface area contributed by atoms with E-state index in [1.165, 1.54) is 6.42 Å². The van der Waals surface area contributed by atoms with E-state index in [2.05, 4.69) is 51.4 Å². The van der Waals surface area contributed by atoms with Crippen LogP contribution in [0.5, 0.6) is 0 Å². The molecule has 0 saturated carbocycles. The van der Waals surface area contributed by atoms with Crippen LogP contribution in [-0.2, 0) is 6.54 Å². The van der Waals surface area contributed by atoms with Gasteiger partial charge in [-0.15, -0.1) is 0 Å². The lowest BCUT2D eigenvalue weighted by Gasteiger charge is -2.21. The number of aliphatic imine (C=N–C) groups is 1. The molecule has 0 radical (unpaired) electrons. The monoisotopic (exact) mass is 310 g/mol. The molecule has 1 aromatic rings. The average molecular weight is 310 g/mol. The van der Waals surface area contributed by atoms with Crippen molar-refractivity contribution in [2.45, 2.75) is 53.1 Å². The fourth-order valence-electron chi connectivity index (χ4n) is 2.24. The maximum atomic E-state index is 4.94. The Kier molecular flexibility index (Phi) is 8.50. The Labute approximate surface area is 133 Å². The largest absolute Gasteiger partial charge is 0.354 e. The van der Waals surface area contributed by atoms with Crippen molar-refractivity contribution in [1.29, 1.82) is 0 Å². The lowest BCUT2D eigenvalue weighted by molar-refractivity contribution is 0.292. The molecular weight excluding hydrogens is 280 g/mol. The van der Waals surface area contributed by atoms with Gasteiger partial charge >= 0.3 is 0 Å². The van der Waals surface area contributed by atoms with Crippen LogP contribution in [0.1, 0.15) is 45.3 Å². The van der Waals surface area contributed by atoms with Crippen LogP contribution >= 0.6 is 0 Å². The third-order valence-electron chi connectivity index (χ3n) is 3.60. The van der Waals surface area contributed by atoms with Gasteiger partial charge in [-0.05, 0) is 39.4 Å². The second-order valence-corrected chi connectivity index (χ2v) is 5.37. The zero-order valence-electron chi connectivity index (χ0n) is 14.5. The molecule has 1 atom stereocenters. The highest BCUT2D eigenvalue weighted by Crippen LogP contribution is 2.00. The number of aryl methyl sites for hydroxylation is 1. The Morgan fingerprint density at radius 1 is 1.36 bits per heavy atom. The first-order valence-electron chi connectivity index (χ1n) is 8.07. The number of hydrogen-bond acceptors (Lipinski definition) is 5. The van der Waals surface area contributed by atoms with Crippen molar-refractivity contribution in [3.8, 4) is 0 Å². The van der Waals surface area contributed by atoms with Crippen molar-refractivity contribution >= 4 is 5.96 Å². The number of nitrogens with one attached hydrogen (secondary N) is 2. The zero-order chi connectivity index (χ0) is 16.4. The summed E-state index contributed by atoms with van der Waals surface area (Å²) in [6.45, 7) is 12.2. The van der Waals surface area contributed by atoms with E-state index in [-0.39, 0.29) is 0 Å². The predicted octanol–water partition coefficient (Wildman–Crippen LogP) is 1.55. The molecule has 0 aliphatic rings. The molecule has 1 aromatic heterocycles. The average Bonchev–Trinajstić information content (AvgIpc) is 2.93. The summed E-state index contributed by atoms with van der Waals surface area (Å²) in [6, 6.07) is 0.369. The second-order valence-electron chi connectivity index (χ2n) is 5.37. The first kappa shape index (κ1) is 18.4. The number of nitrogens with zero attached hydrogens (tertiary/aromatic N) is 4. The van der Waals surface area contributed by atoms with Crippen LogP contribution in [-0.4, -0.2) is 53.7 Å². The third-order valence-corrected chi connectivity index (χ3v) is 3.60. The summed E-state index contributed by atoms with van der Waals surface area (Å²) in [7, 11) is 1.76. The Morgan fingerprint density at radius 3 is 2.64 bits per heavy atom. The van der Waals surface area contributed by atoms with Gasteiger partial charge in [-0.25, -0.2) is 0 Å². The third kappa shape index (κ3) is 6.89. The van der Waals surface area contributed by atoms with Crippen molar-refractivity contribution in [2.24, 2.45) is 4.99 Å². The molecule has 1 rings (SSSR count). The van der Waals surface area contributed by atoms with E-state index in [9.17, 15) is 0 Å². The van der Waals surface area contributed by atoms with Gasteiger partial charge in [0, 0.05) is 20.0 Å². The Balaban J connectivity index is 2.26. The minimum atomic E-state index is 0.369. The molecule has 0 aliphatic carbocycles. The Hall–Kier alpha value is -1.63. The fraction of sp³-hybridized carbons (Fsp3) is 0.800. The SMILES string of the molecule is CCN(CC)CCCC(C)NC(=NC)NCc1noc(C)n1. The van der Waals surface area contributed by atoms with Crippen molar-refractivity contribution < 1.29 is 4.52 Å². The van der Waals surface area contributed by atoms with E-state index < -0.39 is 0 Å². The molecule has 1 heterocycles. The van der Waals surface area contributed by atoms with Crippen molar-refractivity contribution in [2.75, 3.05) is 26.7 Å². The first-order valence-corrected chi connectivity index (χ1v) is 8.07. The molecule has 0 spiro atoms. The molecule has 2 N–H and O–H groups in total. The van der Waals surface area contributed by atoms with Crippen LogP contribution in [0, 0.1) is 6.92 Å². The first-order chi connectivity index (χ1) is 10.6. The molecule has 0 bridgehead atoms. The number of hydrogen-bond donors (Lipinski definition) is 2. The lowest BCUT2D eigenvalue weighted by Crippen LogP contribution is -2.42. The zero-order valence-corrected chi connectivity index (χ0v) is 14.5. The predicted molar refractivity (Wildman–Crippen MR) is 88.9 cm³/mol. The van der Waals surface area contributed by atoms with Gasteiger partial charge in [0.25, 0.3) is 0 Å². The topological polar surface area (TPSA) is 78.6 Å². The van der Waals surface area contributed by atoms with Gasteiger partial charge in [-0.2, -0.15) is 4.98 Å². The van der Waals surface area contributed by atoms with Crippen LogP contribution in [0.25, 0.3) is 0 Å². The summed E-state index contributed by atoms with van der Waals surface area (Å²) < 4.78 is 4.94. The molecular formula is C15H30N6O. The summed E-state index contributed by atoms with van der Waals surface area (Å²) >= 11 is 0. The quantitative estimate of drug-likeness (QED) is 0.532. The van der Waals surface area contributed by atoms with Gasteiger partial charge in [0.05, 0.1) is 6.54 Å². The minimum absolute atomic E-state index is 0.369. The van der Waals surface area contributed by atoms with E-state index in [1.54, 1.807) is 14.0 Å². The van der Waals surface area contributed by atoms with Crippen molar-refractivity contribution in [3.05, 3.63) is 11.7 Å². The number of guanidine groups is 1. The second kappa shape index (κ2) is 10.2. The standard InChI is InChI=1S/C15H30N6O/c1-6-21(7-2)10-8-9-12(3)18-15(16-5)17-11-14-19-13(4)22-20-14/h12H,6-11H2,1-5H3,(H2,16,17,18). The van der Waals surface area contributed by atoms with Crippen LogP contribution in [0.15, 0.2) is 9.52 Å². The highest BCUT2D eigenvalue weighted by atomic mass is 16.5. The minimum Gasteiger partial charge on any atom is -0.354 e. The molecule has 0 aliphatic heterocycles. The fourth-order valence-corrected chi connectivity index (χ4v) is 2.24. The normalized spacial score (nSPS) is 13.5. The van der Waals surface area contributed by atoms with Gasteiger partial charge in [-0.1, -0.05) is 19.0 Å². The molecule has 0 aromatic carbocycles. The molecule has 126 valence electrons. The summed E-state index contributed by atoms with van der Waals surface area (Å²) in [5.41, 5.74) is 0. The van der Waals surface area contributed by atoms with E-state index in [0.717, 1.165) is 32.0 Å².